The number of ether oxygens (including phenoxy) is 1. The maximum Gasteiger partial charge on any atom is 0.329 e. The summed E-state index contributed by atoms with van der Waals surface area (Å²) in [4.78, 5) is 16.9. The van der Waals surface area contributed by atoms with Gasteiger partial charge >= 0.3 is 5.97 Å². The van der Waals surface area contributed by atoms with E-state index in [2.05, 4.69) is 24.2 Å². The lowest BCUT2D eigenvalue weighted by molar-refractivity contribution is -0.137. The van der Waals surface area contributed by atoms with Crippen LogP contribution in [0.25, 0.3) is 0 Å². The Bertz CT molecular complexity index is 707. The Balaban J connectivity index is 1.91. The molecule has 1 atom stereocenters. The highest BCUT2D eigenvalue weighted by molar-refractivity contribution is 8.04. The summed E-state index contributed by atoms with van der Waals surface area (Å²) in [5.74, 6) is 0.463. The zero-order valence-electron chi connectivity index (χ0n) is 14.1. The summed E-state index contributed by atoms with van der Waals surface area (Å²) in [6.45, 7) is 4.38. The van der Waals surface area contributed by atoms with Crippen molar-refractivity contribution in [3.8, 4) is 5.75 Å². The molecule has 1 aliphatic heterocycles. The molecule has 0 bridgehead atoms. The second-order valence-electron chi connectivity index (χ2n) is 6.92. The van der Waals surface area contributed by atoms with Crippen molar-refractivity contribution < 1.29 is 14.6 Å². The van der Waals surface area contributed by atoms with E-state index in [9.17, 15) is 9.90 Å². The first-order valence-corrected chi connectivity index (χ1v) is 8.93. The zero-order valence-corrected chi connectivity index (χ0v) is 14.9. The number of carboxylic acids is 1. The average Bonchev–Trinajstić information content (AvgIpc) is 2.54. The van der Waals surface area contributed by atoms with E-state index in [4.69, 9.17) is 4.74 Å². The number of rotatable bonds is 4. The van der Waals surface area contributed by atoms with Crippen LogP contribution in [0.15, 0.2) is 39.9 Å². The van der Waals surface area contributed by atoms with E-state index in [1.54, 1.807) is 18.9 Å². The number of methoxy groups -OCH3 is 1. The predicted octanol–water partition coefficient (Wildman–Crippen LogP) is 3.78. The molecule has 3 rings (SSSR count). The summed E-state index contributed by atoms with van der Waals surface area (Å²) < 4.78 is 5.19. The third-order valence-electron chi connectivity index (χ3n) is 4.21. The number of nitrogens with one attached hydrogen (secondary N) is 1. The van der Waals surface area contributed by atoms with Gasteiger partial charge < -0.3 is 15.2 Å². The van der Waals surface area contributed by atoms with Crippen molar-refractivity contribution in [3.05, 3.63) is 34.9 Å². The fourth-order valence-electron chi connectivity index (χ4n) is 3.07. The molecule has 2 aliphatic rings. The Kier molecular flexibility index (Phi) is 4.58. The smallest absolute Gasteiger partial charge is 0.329 e. The van der Waals surface area contributed by atoms with Gasteiger partial charge in [-0.3, -0.25) is 4.99 Å². The van der Waals surface area contributed by atoms with E-state index in [1.807, 2.05) is 24.3 Å². The van der Waals surface area contributed by atoms with Crippen molar-refractivity contribution in [1.82, 2.24) is 0 Å². The molecule has 1 aromatic carbocycles. The zero-order chi connectivity index (χ0) is 17.3. The van der Waals surface area contributed by atoms with Gasteiger partial charge in [-0.05, 0) is 42.5 Å². The van der Waals surface area contributed by atoms with Crippen LogP contribution in [0.3, 0.4) is 0 Å². The number of carbonyl (C=O) groups is 1. The summed E-state index contributed by atoms with van der Waals surface area (Å²) in [6.07, 6.45) is 1.73. The third-order valence-corrected chi connectivity index (χ3v) is 5.46. The number of allylic oxidation sites excluding steroid dienone is 2. The number of carboxylic acid groups (broad SMARTS) is 1. The second kappa shape index (κ2) is 6.51. The summed E-state index contributed by atoms with van der Waals surface area (Å²) >= 11 is 1.60. The molecule has 5 nitrogen and oxygen atoms in total. The topological polar surface area (TPSA) is 70.9 Å². The number of hydrogen-bond donors (Lipinski definition) is 2. The van der Waals surface area contributed by atoms with E-state index in [-0.39, 0.29) is 5.41 Å². The van der Waals surface area contributed by atoms with Gasteiger partial charge in [0.15, 0.2) is 6.04 Å². The molecular formula is C18H22N2O3S. The summed E-state index contributed by atoms with van der Waals surface area (Å²) in [6, 6.07) is 7.18. The molecule has 1 aliphatic carbocycles. The Hall–Kier alpha value is -1.95. The van der Waals surface area contributed by atoms with Crippen LogP contribution in [-0.2, 0) is 4.79 Å². The lowest BCUT2D eigenvalue weighted by atomic mass is 9.78. The molecule has 1 heterocycles. The van der Waals surface area contributed by atoms with Crippen LogP contribution in [0.2, 0.25) is 0 Å². The highest BCUT2D eigenvalue weighted by atomic mass is 32.2. The van der Waals surface area contributed by atoms with E-state index < -0.39 is 12.0 Å². The van der Waals surface area contributed by atoms with Gasteiger partial charge in [0.2, 0.25) is 0 Å². The predicted molar refractivity (Wildman–Crippen MR) is 98.0 cm³/mol. The highest BCUT2D eigenvalue weighted by Crippen LogP contribution is 2.43. The number of benzene rings is 1. The van der Waals surface area contributed by atoms with Gasteiger partial charge in [0.05, 0.1) is 12.8 Å². The molecule has 0 amide bonds. The van der Waals surface area contributed by atoms with E-state index >= 15 is 0 Å². The van der Waals surface area contributed by atoms with Gasteiger partial charge in [0.1, 0.15) is 5.75 Å². The van der Waals surface area contributed by atoms with Gasteiger partial charge in [0.25, 0.3) is 0 Å². The first-order valence-electron chi connectivity index (χ1n) is 7.95. The molecule has 0 radical (unpaired) electrons. The number of anilines is 1. The first-order chi connectivity index (χ1) is 11.4. The SMILES string of the molecule is COc1ccc(NC2=C3SC[C@@H](C(=O)O)N=C3CC(C)(C)C2)cc1. The molecule has 0 fully saturated rings. The lowest BCUT2D eigenvalue weighted by Crippen LogP contribution is -2.34. The first kappa shape index (κ1) is 16.9. The van der Waals surface area contributed by atoms with Crippen LogP contribution in [0.5, 0.6) is 5.75 Å². The molecule has 0 aromatic heterocycles. The van der Waals surface area contributed by atoms with Gasteiger partial charge in [0, 0.05) is 22.0 Å². The minimum Gasteiger partial charge on any atom is -0.497 e. The standard InChI is InChI=1S/C18H22N2O3S/c1-18(2)8-13(19-11-4-6-12(23-3)7-5-11)16-14(9-18)20-15(10-24-16)17(21)22/h4-7,15,19H,8-10H2,1-3H3,(H,21,22)/t15-/m0/s1. The highest BCUT2D eigenvalue weighted by Gasteiger charge is 2.36. The molecule has 6 heteroatoms. The number of aliphatic imine (C=N–C) groups is 1. The Morgan fingerprint density at radius 2 is 2.04 bits per heavy atom. The quantitative estimate of drug-likeness (QED) is 0.868. The molecule has 1 aromatic rings. The summed E-state index contributed by atoms with van der Waals surface area (Å²) in [7, 11) is 1.65. The molecule has 0 unspecified atom stereocenters. The van der Waals surface area contributed by atoms with Crippen molar-refractivity contribution in [2.45, 2.75) is 32.7 Å². The summed E-state index contributed by atoms with van der Waals surface area (Å²) in [5, 5.41) is 12.8. The number of fused-ring (bicyclic) bond motifs is 1. The Labute approximate surface area is 146 Å². The molecular weight excluding hydrogens is 324 g/mol. The van der Waals surface area contributed by atoms with Crippen molar-refractivity contribution in [2.75, 3.05) is 18.2 Å². The van der Waals surface area contributed by atoms with Crippen molar-refractivity contribution in [3.63, 3.8) is 0 Å². The molecule has 0 saturated carbocycles. The van der Waals surface area contributed by atoms with E-state index in [1.165, 1.54) is 0 Å². The maximum absolute atomic E-state index is 11.3. The van der Waals surface area contributed by atoms with Crippen LogP contribution >= 0.6 is 11.8 Å². The third kappa shape index (κ3) is 3.59. The normalized spacial score (nSPS) is 22.5. The molecule has 2 N–H and O–H groups in total. The number of nitrogens with zero attached hydrogens (tertiary/aromatic N) is 1. The molecule has 24 heavy (non-hydrogen) atoms. The van der Waals surface area contributed by atoms with Crippen LogP contribution in [-0.4, -0.2) is 35.7 Å². The van der Waals surface area contributed by atoms with Crippen molar-refractivity contribution in [1.29, 1.82) is 0 Å². The van der Waals surface area contributed by atoms with Crippen LogP contribution in [0.4, 0.5) is 5.69 Å². The number of thioether (sulfide) groups is 1. The second-order valence-corrected chi connectivity index (χ2v) is 7.95. The summed E-state index contributed by atoms with van der Waals surface area (Å²) in [5.41, 5.74) is 3.10. The fourth-order valence-corrected chi connectivity index (χ4v) is 4.20. The van der Waals surface area contributed by atoms with Crippen LogP contribution in [0, 0.1) is 5.41 Å². The van der Waals surface area contributed by atoms with Gasteiger partial charge in [-0.1, -0.05) is 13.8 Å². The minimum absolute atomic E-state index is 0.0537. The van der Waals surface area contributed by atoms with Gasteiger partial charge in [-0.25, -0.2) is 4.79 Å². The Morgan fingerprint density at radius 1 is 1.33 bits per heavy atom. The van der Waals surface area contributed by atoms with Crippen LogP contribution < -0.4 is 10.1 Å². The Morgan fingerprint density at radius 3 is 2.67 bits per heavy atom. The monoisotopic (exact) mass is 346 g/mol. The molecule has 128 valence electrons. The minimum atomic E-state index is -0.845. The van der Waals surface area contributed by atoms with E-state index in [0.29, 0.717) is 5.75 Å². The number of hydrogen-bond acceptors (Lipinski definition) is 5. The number of aliphatic carboxylic acids is 1. The van der Waals surface area contributed by atoms with Gasteiger partial charge in [-0.15, -0.1) is 11.8 Å². The molecule has 0 saturated heterocycles. The largest absolute Gasteiger partial charge is 0.497 e. The van der Waals surface area contributed by atoms with Crippen molar-refractivity contribution in [2.24, 2.45) is 10.4 Å². The maximum atomic E-state index is 11.3. The van der Waals surface area contributed by atoms with Crippen LogP contribution in [0.1, 0.15) is 26.7 Å². The van der Waals surface area contributed by atoms with Gasteiger partial charge in [-0.2, -0.15) is 0 Å². The van der Waals surface area contributed by atoms with E-state index in [0.717, 1.165) is 40.6 Å². The van der Waals surface area contributed by atoms with Crippen molar-refractivity contribution >= 4 is 29.1 Å². The lowest BCUT2D eigenvalue weighted by Gasteiger charge is -2.36. The fraction of sp³-hybridized carbons (Fsp3) is 0.444. The molecule has 0 spiro atoms. The average molecular weight is 346 g/mol.